The molecule has 0 saturated heterocycles. The van der Waals surface area contributed by atoms with Gasteiger partial charge >= 0.3 is 0 Å². The zero-order valence-electron chi connectivity index (χ0n) is 9.16. The summed E-state index contributed by atoms with van der Waals surface area (Å²) >= 11 is 6.15. The van der Waals surface area contributed by atoms with Crippen molar-refractivity contribution in [1.29, 1.82) is 0 Å². The van der Waals surface area contributed by atoms with Crippen molar-refractivity contribution in [2.45, 2.75) is 13.0 Å². The fraction of sp³-hybridized carbons (Fsp3) is 0.250. The second-order valence-electron chi connectivity index (χ2n) is 4.08. The van der Waals surface area contributed by atoms with Crippen LogP contribution in [0.2, 0.25) is 5.02 Å². The van der Waals surface area contributed by atoms with Crippen LogP contribution in [0.4, 0.5) is 0 Å². The first kappa shape index (κ1) is 10.6. The minimum Gasteiger partial charge on any atom is -0.311 e. The molecule has 2 N–H and O–H groups in total. The van der Waals surface area contributed by atoms with Gasteiger partial charge in [0.25, 0.3) is 5.56 Å². The summed E-state index contributed by atoms with van der Waals surface area (Å²) in [6, 6.07) is 7.49. The molecular formula is C12H12ClN3O. The van der Waals surface area contributed by atoms with Gasteiger partial charge in [-0.3, -0.25) is 14.6 Å². The average molecular weight is 250 g/mol. The van der Waals surface area contributed by atoms with Gasteiger partial charge in [-0.1, -0.05) is 23.7 Å². The zero-order valence-corrected chi connectivity index (χ0v) is 9.92. The Morgan fingerprint density at radius 2 is 2.12 bits per heavy atom. The number of fused-ring (bicyclic) bond motifs is 1. The van der Waals surface area contributed by atoms with Crippen molar-refractivity contribution in [1.82, 2.24) is 15.1 Å². The van der Waals surface area contributed by atoms with Crippen molar-refractivity contribution in [2.75, 3.05) is 6.54 Å². The Morgan fingerprint density at radius 3 is 2.94 bits per heavy atom. The molecule has 3 rings (SSSR count). The third-order valence-electron chi connectivity index (χ3n) is 3.04. The van der Waals surface area contributed by atoms with E-state index < -0.39 is 0 Å². The van der Waals surface area contributed by atoms with E-state index in [1.54, 1.807) is 4.68 Å². The molecule has 0 bridgehead atoms. The third kappa shape index (κ3) is 1.69. The van der Waals surface area contributed by atoms with Crippen LogP contribution in [-0.4, -0.2) is 16.3 Å². The lowest BCUT2D eigenvalue weighted by atomic mass is 10.1. The van der Waals surface area contributed by atoms with E-state index in [1.165, 1.54) is 0 Å². The molecule has 0 aliphatic carbocycles. The smallest absolute Gasteiger partial charge is 0.267 e. The highest BCUT2D eigenvalue weighted by atomic mass is 35.5. The topological polar surface area (TPSA) is 49.8 Å². The molecule has 2 heterocycles. The van der Waals surface area contributed by atoms with Crippen LogP contribution in [0.1, 0.15) is 11.3 Å². The minimum atomic E-state index is -0.0126. The molecule has 0 saturated carbocycles. The van der Waals surface area contributed by atoms with Crippen molar-refractivity contribution < 1.29 is 0 Å². The number of benzene rings is 1. The van der Waals surface area contributed by atoms with Crippen molar-refractivity contribution in [2.24, 2.45) is 0 Å². The Kier molecular flexibility index (Phi) is 2.53. The van der Waals surface area contributed by atoms with Gasteiger partial charge in [-0.05, 0) is 25.1 Å². The number of hydrogen-bond acceptors (Lipinski definition) is 2. The van der Waals surface area contributed by atoms with E-state index in [-0.39, 0.29) is 5.56 Å². The maximum atomic E-state index is 11.8. The highest BCUT2D eigenvalue weighted by Gasteiger charge is 2.19. The predicted molar refractivity (Wildman–Crippen MR) is 66.8 cm³/mol. The molecular weight excluding hydrogens is 238 g/mol. The number of aromatic amines is 1. The van der Waals surface area contributed by atoms with Gasteiger partial charge in [0.2, 0.25) is 0 Å². The second kappa shape index (κ2) is 4.05. The molecule has 2 aromatic rings. The summed E-state index contributed by atoms with van der Waals surface area (Å²) in [7, 11) is 0. The van der Waals surface area contributed by atoms with E-state index in [0.29, 0.717) is 11.6 Å². The van der Waals surface area contributed by atoms with Crippen LogP contribution in [0.5, 0.6) is 0 Å². The van der Waals surface area contributed by atoms with Gasteiger partial charge in [-0.15, -0.1) is 0 Å². The standard InChI is InChI=1S/C12H12ClN3O/c13-9-3-1-2-4-10(9)16-11-7-14-6-5-8(11)12(17)15-16/h1-4,14H,5-7H2,(H,15,17). The Hall–Kier alpha value is -1.52. The first-order valence-electron chi connectivity index (χ1n) is 5.56. The normalized spacial score (nSPS) is 14.6. The average Bonchev–Trinajstić information content (AvgIpc) is 2.68. The van der Waals surface area contributed by atoms with Gasteiger partial charge in [0.05, 0.1) is 16.4 Å². The zero-order chi connectivity index (χ0) is 11.8. The van der Waals surface area contributed by atoms with Crippen LogP contribution in [0.25, 0.3) is 5.69 Å². The summed E-state index contributed by atoms with van der Waals surface area (Å²) in [6.07, 6.45) is 0.766. The molecule has 1 aromatic carbocycles. The lowest BCUT2D eigenvalue weighted by Gasteiger charge is -2.15. The number of hydrogen-bond donors (Lipinski definition) is 2. The summed E-state index contributed by atoms with van der Waals surface area (Å²) in [5.41, 5.74) is 2.65. The highest BCUT2D eigenvalue weighted by Crippen LogP contribution is 2.22. The lowest BCUT2D eigenvalue weighted by Crippen LogP contribution is -2.26. The first-order valence-corrected chi connectivity index (χ1v) is 5.93. The Morgan fingerprint density at radius 1 is 1.29 bits per heavy atom. The molecule has 0 unspecified atom stereocenters. The van der Waals surface area contributed by atoms with Crippen LogP contribution in [0, 0.1) is 0 Å². The molecule has 4 nitrogen and oxygen atoms in total. The first-order chi connectivity index (χ1) is 8.27. The Balaban J connectivity index is 2.22. The number of halogens is 1. The van der Waals surface area contributed by atoms with E-state index >= 15 is 0 Å². The van der Waals surface area contributed by atoms with Crippen LogP contribution in [0.15, 0.2) is 29.1 Å². The number of H-pyrrole nitrogens is 1. The van der Waals surface area contributed by atoms with Crippen molar-refractivity contribution >= 4 is 11.6 Å². The van der Waals surface area contributed by atoms with Crippen LogP contribution in [-0.2, 0) is 13.0 Å². The van der Waals surface area contributed by atoms with E-state index in [0.717, 1.165) is 29.9 Å². The molecule has 0 amide bonds. The number of rotatable bonds is 1. The van der Waals surface area contributed by atoms with Gasteiger partial charge in [0.15, 0.2) is 0 Å². The molecule has 0 atom stereocenters. The Bertz CT molecular complexity index is 614. The number of aromatic nitrogens is 2. The molecule has 0 spiro atoms. The largest absolute Gasteiger partial charge is 0.311 e. The number of nitrogens with one attached hydrogen (secondary N) is 2. The summed E-state index contributed by atoms with van der Waals surface area (Å²) in [5, 5.41) is 6.74. The van der Waals surface area contributed by atoms with Crippen LogP contribution >= 0.6 is 11.6 Å². The van der Waals surface area contributed by atoms with E-state index in [1.807, 2.05) is 24.3 Å². The van der Waals surface area contributed by atoms with Gasteiger partial charge < -0.3 is 5.32 Å². The molecule has 1 aromatic heterocycles. The quantitative estimate of drug-likeness (QED) is 0.804. The molecule has 1 aliphatic rings. The maximum absolute atomic E-state index is 11.8. The van der Waals surface area contributed by atoms with Crippen molar-refractivity contribution in [3.63, 3.8) is 0 Å². The van der Waals surface area contributed by atoms with E-state index in [4.69, 9.17) is 11.6 Å². The summed E-state index contributed by atoms with van der Waals surface area (Å²) in [5.74, 6) is 0. The summed E-state index contributed by atoms with van der Waals surface area (Å²) in [6.45, 7) is 1.54. The number of para-hydroxylation sites is 1. The fourth-order valence-corrected chi connectivity index (χ4v) is 2.43. The predicted octanol–water partition coefficient (Wildman–Crippen LogP) is 1.46. The molecule has 1 aliphatic heterocycles. The Labute approximate surface area is 103 Å². The highest BCUT2D eigenvalue weighted by molar-refractivity contribution is 6.32. The van der Waals surface area contributed by atoms with Gasteiger partial charge in [-0.2, -0.15) is 0 Å². The second-order valence-corrected chi connectivity index (χ2v) is 4.49. The number of nitrogens with zero attached hydrogens (tertiary/aromatic N) is 1. The summed E-state index contributed by atoms with van der Waals surface area (Å²) in [4.78, 5) is 11.8. The van der Waals surface area contributed by atoms with E-state index in [2.05, 4.69) is 10.4 Å². The van der Waals surface area contributed by atoms with Gasteiger partial charge in [0.1, 0.15) is 0 Å². The molecule has 88 valence electrons. The van der Waals surface area contributed by atoms with Crippen LogP contribution in [0.3, 0.4) is 0 Å². The molecule has 17 heavy (non-hydrogen) atoms. The molecule has 0 radical (unpaired) electrons. The van der Waals surface area contributed by atoms with Crippen molar-refractivity contribution in [3.8, 4) is 5.69 Å². The third-order valence-corrected chi connectivity index (χ3v) is 3.36. The van der Waals surface area contributed by atoms with Gasteiger partial charge in [-0.25, -0.2) is 0 Å². The summed E-state index contributed by atoms with van der Waals surface area (Å²) < 4.78 is 1.78. The maximum Gasteiger partial charge on any atom is 0.267 e. The monoisotopic (exact) mass is 249 g/mol. The molecule has 5 heteroatoms. The minimum absolute atomic E-state index is 0.0126. The molecule has 0 fully saturated rings. The SMILES string of the molecule is O=c1[nH]n(-c2ccccc2Cl)c2c1CCNC2. The van der Waals surface area contributed by atoms with E-state index in [9.17, 15) is 4.79 Å². The fourth-order valence-electron chi connectivity index (χ4n) is 2.20. The lowest BCUT2D eigenvalue weighted by molar-refractivity contribution is 0.614. The van der Waals surface area contributed by atoms with Crippen molar-refractivity contribution in [3.05, 3.63) is 50.9 Å². The van der Waals surface area contributed by atoms with Gasteiger partial charge in [0, 0.05) is 12.1 Å². The van der Waals surface area contributed by atoms with Crippen LogP contribution < -0.4 is 10.9 Å².